The zero-order valence-corrected chi connectivity index (χ0v) is 10.9. The molecular formula is C14H25N2+. The van der Waals surface area contributed by atoms with Crippen LogP contribution < -0.4 is 4.57 Å². The molecule has 0 N–H and O–H groups in total. The summed E-state index contributed by atoms with van der Waals surface area (Å²) in [6, 6.07) is 0. The minimum absolute atomic E-state index is 0.206. The van der Waals surface area contributed by atoms with Crippen LogP contribution in [0.3, 0.4) is 0 Å². The molecule has 0 amide bonds. The molecular weight excluding hydrogens is 196 g/mol. The Morgan fingerprint density at radius 1 is 1.19 bits per heavy atom. The van der Waals surface area contributed by atoms with Gasteiger partial charge in [0.15, 0.2) is 0 Å². The summed E-state index contributed by atoms with van der Waals surface area (Å²) in [5.74, 6) is 0.912. The third kappa shape index (κ3) is 2.87. The van der Waals surface area contributed by atoms with E-state index in [0.717, 1.165) is 5.92 Å². The van der Waals surface area contributed by atoms with Crippen LogP contribution in [-0.2, 0) is 12.1 Å². The monoisotopic (exact) mass is 221 g/mol. The lowest BCUT2D eigenvalue weighted by Gasteiger charge is -2.19. The first-order chi connectivity index (χ1) is 7.55. The highest BCUT2D eigenvalue weighted by atomic mass is 15.1. The van der Waals surface area contributed by atoms with Crippen LogP contribution in [0.4, 0.5) is 0 Å². The molecule has 0 unspecified atom stereocenters. The van der Waals surface area contributed by atoms with E-state index in [1.54, 1.807) is 0 Å². The highest BCUT2D eigenvalue weighted by Gasteiger charge is 2.21. The second-order valence-corrected chi connectivity index (χ2v) is 6.19. The van der Waals surface area contributed by atoms with Crippen molar-refractivity contribution < 1.29 is 4.57 Å². The van der Waals surface area contributed by atoms with Crippen molar-refractivity contribution in [3.8, 4) is 0 Å². The van der Waals surface area contributed by atoms with Crippen molar-refractivity contribution in [3.05, 3.63) is 18.7 Å². The second kappa shape index (κ2) is 4.60. The molecule has 1 aliphatic rings. The first kappa shape index (κ1) is 11.7. The molecule has 0 spiro atoms. The molecule has 2 heteroatoms. The lowest BCUT2D eigenvalue weighted by atomic mass is 9.89. The van der Waals surface area contributed by atoms with Crippen LogP contribution in [0, 0.1) is 5.92 Å². The molecule has 0 aromatic carbocycles. The Hall–Kier alpha value is -0.790. The number of rotatable bonds is 2. The maximum Gasteiger partial charge on any atom is 0.244 e. The van der Waals surface area contributed by atoms with E-state index < -0.39 is 0 Å². The molecule has 1 heterocycles. The maximum absolute atomic E-state index is 2.36. The quantitative estimate of drug-likeness (QED) is 0.679. The minimum atomic E-state index is 0.206. The lowest BCUT2D eigenvalue weighted by Crippen LogP contribution is -2.48. The van der Waals surface area contributed by atoms with Gasteiger partial charge in [0.2, 0.25) is 6.33 Å². The molecule has 0 saturated heterocycles. The molecule has 0 bridgehead atoms. The maximum atomic E-state index is 2.36. The predicted molar refractivity (Wildman–Crippen MR) is 66.2 cm³/mol. The average molecular weight is 221 g/mol. The van der Waals surface area contributed by atoms with Crippen molar-refractivity contribution in [1.29, 1.82) is 0 Å². The number of nitrogens with zero attached hydrogens (tertiary/aromatic N) is 2. The molecule has 16 heavy (non-hydrogen) atoms. The standard InChI is InChI=1S/C14H25N2/c1-14(2,3)16-10-9-15(12-16)11-13-7-5-4-6-8-13/h9-10,12-13H,4-8,11H2,1-3H3/q+1. The summed E-state index contributed by atoms with van der Waals surface area (Å²) >= 11 is 0. The Morgan fingerprint density at radius 3 is 2.44 bits per heavy atom. The summed E-state index contributed by atoms with van der Waals surface area (Å²) in [5.41, 5.74) is 0.206. The zero-order valence-electron chi connectivity index (χ0n) is 10.9. The van der Waals surface area contributed by atoms with Gasteiger partial charge in [0.1, 0.15) is 17.9 Å². The summed E-state index contributed by atoms with van der Waals surface area (Å²) in [4.78, 5) is 0. The highest BCUT2D eigenvalue weighted by Crippen LogP contribution is 2.24. The SMILES string of the molecule is CC(C)(C)[n+]1ccn(CC2CCCCC2)c1. The number of hydrogen-bond donors (Lipinski definition) is 0. The fourth-order valence-corrected chi connectivity index (χ4v) is 2.57. The van der Waals surface area contributed by atoms with Crippen LogP contribution >= 0.6 is 0 Å². The Balaban J connectivity index is 1.97. The van der Waals surface area contributed by atoms with E-state index in [-0.39, 0.29) is 5.54 Å². The molecule has 0 aliphatic heterocycles. The molecule has 1 fully saturated rings. The van der Waals surface area contributed by atoms with E-state index in [0.29, 0.717) is 0 Å². The van der Waals surface area contributed by atoms with Crippen molar-refractivity contribution in [2.45, 2.75) is 65.0 Å². The van der Waals surface area contributed by atoms with Gasteiger partial charge in [0.05, 0.1) is 6.54 Å². The second-order valence-electron chi connectivity index (χ2n) is 6.19. The number of imidazole rings is 1. The number of hydrogen-bond acceptors (Lipinski definition) is 0. The first-order valence-electron chi connectivity index (χ1n) is 6.63. The van der Waals surface area contributed by atoms with E-state index in [1.165, 1.54) is 38.6 Å². The largest absolute Gasteiger partial charge is 0.244 e. The molecule has 1 aromatic rings. The van der Waals surface area contributed by atoms with Gasteiger partial charge in [0, 0.05) is 0 Å². The topological polar surface area (TPSA) is 8.81 Å². The van der Waals surface area contributed by atoms with Crippen LogP contribution in [0.15, 0.2) is 18.7 Å². The van der Waals surface area contributed by atoms with Crippen molar-refractivity contribution in [2.75, 3.05) is 0 Å². The van der Waals surface area contributed by atoms with E-state index in [1.807, 2.05) is 0 Å². The average Bonchev–Trinajstić information content (AvgIpc) is 2.67. The van der Waals surface area contributed by atoms with Crippen molar-refractivity contribution in [3.63, 3.8) is 0 Å². The van der Waals surface area contributed by atoms with Crippen LogP contribution in [0.5, 0.6) is 0 Å². The fourth-order valence-electron chi connectivity index (χ4n) is 2.57. The van der Waals surface area contributed by atoms with Gasteiger partial charge in [-0.05, 0) is 39.5 Å². The van der Waals surface area contributed by atoms with Gasteiger partial charge in [-0.3, -0.25) is 0 Å². The van der Waals surface area contributed by atoms with Crippen LogP contribution in [0.25, 0.3) is 0 Å². The number of aromatic nitrogens is 2. The Morgan fingerprint density at radius 2 is 1.88 bits per heavy atom. The summed E-state index contributed by atoms with van der Waals surface area (Å²) in [7, 11) is 0. The molecule has 1 aromatic heterocycles. The Labute approximate surface area is 99.3 Å². The molecule has 1 saturated carbocycles. The fraction of sp³-hybridized carbons (Fsp3) is 0.786. The van der Waals surface area contributed by atoms with E-state index >= 15 is 0 Å². The van der Waals surface area contributed by atoms with Gasteiger partial charge in [-0.1, -0.05) is 19.3 Å². The van der Waals surface area contributed by atoms with E-state index in [2.05, 4.69) is 48.6 Å². The summed E-state index contributed by atoms with van der Waals surface area (Å²) in [6.45, 7) is 7.96. The molecule has 2 rings (SSSR count). The van der Waals surface area contributed by atoms with Gasteiger partial charge < -0.3 is 0 Å². The van der Waals surface area contributed by atoms with Gasteiger partial charge in [0.25, 0.3) is 0 Å². The third-order valence-electron chi connectivity index (χ3n) is 3.66. The Bertz CT molecular complexity index is 327. The molecule has 90 valence electrons. The van der Waals surface area contributed by atoms with Crippen molar-refractivity contribution in [2.24, 2.45) is 5.92 Å². The van der Waals surface area contributed by atoms with Crippen LogP contribution in [0.1, 0.15) is 52.9 Å². The molecule has 2 nitrogen and oxygen atoms in total. The third-order valence-corrected chi connectivity index (χ3v) is 3.66. The van der Waals surface area contributed by atoms with Crippen LogP contribution in [-0.4, -0.2) is 4.57 Å². The van der Waals surface area contributed by atoms with E-state index in [4.69, 9.17) is 0 Å². The van der Waals surface area contributed by atoms with Gasteiger partial charge in [-0.2, -0.15) is 0 Å². The molecule has 0 radical (unpaired) electrons. The highest BCUT2D eigenvalue weighted by molar-refractivity contribution is 4.73. The smallest absolute Gasteiger partial charge is 0.237 e. The van der Waals surface area contributed by atoms with E-state index in [9.17, 15) is 0 Å². The Kier molecular flexibility index (Phi) is 3.36. The minimum Gasteiger partial charge on any atom is -0.237 e. The van der Waals surface area contributed by atoms with Crippen molar-refractivity contribution in [1.82, 2.24) is 4.57 Å². The predicted octanol–water partition coefficient (Wildman–Crippen LogP) is 3.11. The summed E-state index contributed by atoms with van der Waals surface area (Å²) < 4.78 is 4.66. The lowest BCUT2D eigenvalue weighted by molar-refractivity contribution is -0.753. The summed E-state index contributed by atoms with van der Waals surface area (Å²) in [5, 5.41) is 0. The zero-order chi connectivity index (χ0) is 11.6. The molecule has 0 atom stereocenters. The first-order valence-corrected chi connectivity index (χ1v) is 6.63. The van der Waals surface area contributed by atoms with Gasteiger partial charge in [-0.25, -0.2) is 9.13 Å². The van der Waals surface area contributed by atoms with Crippen molar-refractivity contribution >= 4 is 0 Å². The van der Waals surface area contributed by atoms with Gasteiger partial charge in [-0.15, -0.1) is 0 Å². The molecule has 1 aliphatic carbocycles. The normalized spacial score (nSPS) is 18.9. The summed E-state index contributed by atoms with van der Waals surface area (Å²) in [6.07, 6.45) is 13.8. The van der Waals surface area contributed by atoms with Gasteiger partial charge >= 0.3 is 0 Å². The van der Waals surface area contributed by atoms with Crippen LogP contribution in [0.2, 0.25) is 0 Å².